The fourth-order valence-corrected chi connectivity index (χ4v) is 1.43. The first-order chi connectivity index (χ1) is 5.25. The topological polar surface area (TPSA) is 43.1 Å². The SMILES string of the molecule is CCC(=O)C1=CCCCC1N. The first-order valence-corrected chi connectivity index (χ1v) is 4.24. The molecule has 0 aromatic carbocycles. The highest BCUT2D eigenvalue weighted by molar-refractivity contribution is 5.96. The lowest BCUT2D eigenvalue weighted by atomic mass is 9.91. The van der Waals surface area contributed by atoms with E-state index >= 15 is 0 Å². The summed E-state index contributed by atoms with van der Waals surface area (Å²) in [5, 5.41) is 0. The van der Waals surface area contributed by atoms with Crippen molar-refractivity contribution in [3.8, 4) is 0 Å². The highest BCUT2D eigenvalue weighted by Crippen LogP contribution is 2.17. The molecule has 1 atom stereocenters. The van der Waals surface area contributed by atoms with Gasteiger partial charge >= 0.3 is 0 Å². The second kappa shape index (κ2) is 3.67. The Hall–Kier alpha value is -0.630. The first-order valence-electron chi connectivity index (χ1n) is 4.24. The summed E-state index contributed by atoms with van der Waals surface area (Å²) in [6.45, 7) is 1.88. The number of hydrogen-bond donors (Lipinski definition) is 1. The Kier molecular flexibility index (Phi) is 2.83. The fourth-order valence-electron chi connectivity index (χ4n) is 1.43. The number of allylic oxidation sites excluding steroid dienone is 1. The van der Waals surface area contributed by atoms with Crippen LogP contribution in [-0.4, -0.2) is 11.8 Å². The molecule has 0 heterocycles. The van der Waals surface area contributed by atoms with Crippen molar-refractivity contribution in [2.75, 3.05) is 0 Å². The van der Waals surface area contributed by atoms with E-state index in [1.165, 1.54) is 0 Å². The van der Waals surface area contributed by atoms with Crippen molar-refractivity contribution in [3.05, 3.63) is 11.6 Å². The van der Waals surface area contributed by atoms with E-state index in [0.29, 0.717) is 6.42 Å². The minimum absolute atomic E-state index is 0.0104. The lowest BCUT2D eigenvalue weighted by Crippen LogP contribution is -2.29. The summed E-state index contributed by atoms with van der Waals surface area (Å²) in [5.41, 5.74) is 6.63. The molecule has 1 aliphatic carbocycles. The van der Waals surface area contributed by atoms with Crippen LogP contribution in [0.15, 0.2) is 11.6 Å². The molecule has 1 rings (SSSR count). The molecule has 0 aliphatic heterocycles. The van der Waals surface area contributed by atoms with Crippen LogP contribution in [0, 0.1) is 0 Å². The Labute approximate surface area is 67.5 Å². The van der Waals surface area contributed by atoms with E-state index in [9.17, 15) is 4.79 Å². The van der Waals surface area contributed by atoms with E-state index in [1.807, 2.05) is 13.0 Å². The third-order valence-electron chi connectivity index (χ3n) is 2.13. The maximum atomic E-state index is 11.2. The van der Waals surface area contributed by atoms with Crippen molar-refractivity contribution in [2.24, 2.45) is 5.73 Å². The second-order valence-corrected chi connectivity index (χ2v) is 2.97. The number of carbonyl (C=O) groups is 1. The smallest absolute Gasteiger partial charge is 0.159 e. The minimum atomic E-state index is 0.0104. The third-order valence-corrected chi connectivity index (χ3v) is 2.13. The van der Waals surface area contributed by atoms with Gasteiger partial charge in [0.1, 0.15) is 0 Å². The van der Waals surface area contributed by atoms with Gasteiger partial charge in [-0.2, -0.15) is 0 Å². The largest absolute Gasteiger partial charge is 0.324 e. The van der Waals surface area contributed by atoms with E-state index < -0.39 is 0 Å². The van der Waals surface area contributed by atoms with Crippen molar-refractivity contribution in [1.29, 1.82) is 0 Å². The van der Waals surface area contributed by atoms with Gasteiger partial charge in [-0.1, -0.05) is 13.0 Å². The van der Waals surface area contributed by atoms with E-state index in [1.54, 1.807) is 0 Å². The van der Waals surface area contributed by atoms with Crippen LogP contribution >= 0.6 is 0 Å². The second-order valence-electron chi connectivity index (χ2n) is 2.97. The predicted octanol–water partition coefficient (Wildman–Crippen LogP) is 1.40. The molecule has 62 valence electrons. The summed E-state index contributed by atoms with van der Waals surface area (Å²) in [4.78, 5) is 11.2. The highest BCUT2D eigenvalue weighted by Gasteiger charge is 2.17. The van der Waals surface area contributed by atoms with Crippen molar-refractivity contribution in [1.82, 2.24) is 0 Å². The van der Waals surface area contributed by atoms with Crippen molar-refractivity contribution in [2.45, 2.75) is 38.6 Å². The summed E-state index contributed by atoms with van der Waals surface area (Å²) >= 11 is 0. The van der Waals surface area contributed by atoms with Crippen molar-refractivity contribution in [3.63, 3.8) is 0 Å². The lowest BCUT2D eigenvalue weighted by Gasteiger charge is -2.18. The van der Waals surface area contributed by atoms with Gasteiger partial charge in [-0.25, -0.2) is 0 Å². The fraction of sp³-hybridized carbons (Fsp3) is 0.667. The van der Waals surface area contributed by atoms with Gasteiger partial charge in [0, 0.05) is 18.0 Å². The molecule has 2 heteroatoms. The Morgan fingerprint density at radius 2 is 2.55 bits per heavy atom. The molecule has 0 amide bonds. The molecule has 0 saturated carbocycles. The average molecular weight is 153 g/mol. The molecule has 2 N–H and O–H groups in total. The van der Waals surface area contributed by atoms with Gasteiger partial charge in [0.25, 0.3) is 0 Å². The molecule has 0 aromatic heterocycles. The highest BCUT2D eigenvalue weighted by atomic mass is 16.1. The number of ketones is 1. The normalized spacial score (nSPS) is 24.5. The summed E-state index contributed by atoms with van der Waals surface area (Å²) in [6.07, 6.45) is 5.70. The quantitative estimate of drug-likeness (QED) is 0.651. The monoisotopic (exact) mass is 153 g/mol. The van der Waals surface area contributed by atoms with Crippen LogP contribution in [0.5, 0.6) is 0 Å². The van der Waals surface area contributed by atoms with Crippen LogP contribution in [0.4, 0.5) is 0 Å². The summed E-state index contributed by atoms with van der Waals surface area (Å²) in [7, 11) is 0. The van der Waals surface area contributed by atoms with E-state index in [-0.39, 0.29) is 11.8 Å². The van der Waals surface area contributed by atoms with Gasteiger partial charge in [0.15, 0.2) is 5.78 Å². The van der Waals surface area contributed by atoms with Gasteiger partial charge in [0.05, 0.1) is 0 Å². The van der Waals surface area contributed by atoms with Crippen molar-refractivity contribution >= 4 is 5.78 Å². The van der Waals surface area contributed by atoms with Crippen LogP contribution in [0.2, 0.25) is 0 Å². The zero-order valence-electron chi connectivity index (χ0n) is 6.97. The lowest BCUT2D eigenvalue weighted by molar-refractivity contribution is -0.115. The van der Waals surface area contributed by atoms with Crippen molar-refractivity contribution < 1.29 is 4.79 Å². The maximum absolute atomic E-state index is 11.2. The first kappa shape index (κ1) is 8.47. The predicted molar refractivity (Wildman–Crippen MR) is 45.2 cm³/mol. The number of rotatable bonds is 2. The molecule has 0 bridgehead atoms. The molecule has 0 radical (unpaired) electrons. The van der Waals surface area contributed by atoms with Gasteiger partial charge in [-0.15, -0.1) is 0 Å². The number of carbonyl (C=O) groups excluding carboxylic acids is 1. The van der Waals surface area contributed by atoms with E-state index in [2.05, 4.69) is 0 Å². The molecule has 0 aromatic rings. The van der Waals surface area contributed by atoms with Gasteiger partial charge < -0.3 is 5.73 Å². The molecule has 1 aliphatic rings. The minimum Gasteiger partial charge on any atom is -0.324 e. The zero-order valence-corrected chi connectivity index (χ0v) is 6.97. The third kappa shape index (κ3) is 1.90. The Morgan fingerprint density at radius 1 is 1.82 bits per heavy atom. The maximum Gasteiger partial charge on any atom is 0.159 e. The van der Waals surface area contributed by atoms with Crippen LogP contribution in [0.3, 0.4) is 0 Å². The van der Waals surface area contributed by atoms with Crippen LogP contribution in [0.1, 0.15) is 32.6 Å². The molecule has 2 nitrogen and oxygen atoms in total. The van der Waals surface area contributed by atoms with Crippen LogP contribution in [-0.2, 0) is 4.79 Å². The molecule has 11 heavy (non-hydrogen) atoms. The molecule has 1 unspecified atom stereocenters. The molecule has 0 spiro atoms. The Bertz CT molecular complexity index is 184. The van der Waals surface area contributed by atoms with Gasteiger partial charge in [-0.05, 0) is 19.3 Å². The zero-order chi connectivity index (χ0) is 8.27. The van der Waals surface area contributed by atoms with Crippen LogP contribution in [0.25, 0.3) is 0 Å². The summed E-state index contributed by atoms with van der Waals surface area (Å²) in [6, 6.07) is 0.0104. The van der Waals surface area contributed by atoms with Gasteiger partial charge in [-0.3, -0.25) is 4.79 Å². The summed E-state index contributed by atoms with van der Waals surface area (Å²) < 4.78 is 0. The molecular formula is C9H15NO. The van der Waals surface area contributed by atoms with Gasteiger partial charge in [0.2, 0.25) is 0 Å². The number of nitrogens with two attached hydrogens (primary N) is 1. The Balaban J connectivity index is 2.67. The molecule has 0 saturated heterocycles. The average Bonchev–Trinajstić information content (AvgIpc) is 2.04. The van der Waals surface area contributed by atoms with Crippen LogP contribution < -0.4 is 5.73 Å². The molecule has 0 fully saturated rings. The summed E-state index contributed by atoms with van der Waals surface area (Å²) in [5.74, 6) is 0.220. The standard InChI is InChI=1S/C9H15NO/c1-2-9(11)7-5-3-4-6-8(7)10/h5,8H,2-4,6,10H2,1H3. The number of hydrogen-bond acceptors (Lipinski definition) is 2. The number of Topliss-reactive ketones (excluding diaryl/α,β-unsaturated/α-hetero) is 1. The van der Waals surface area contributed by atoms with E-state index in [0.717, 1.165) is 24.8 Å². The van der Waals surface area contributed by atoms with E-state index in [4.69, 9.17) is 5.73 Å². The molecular weight excluding hydrogens is 138 g/mol. The Morgan fingerprint density at radius 3 is 3.09 bits per heavy atom.